The van der Waals surface area contributed by atoms with Crippen LogP contribution in [0.25, 0.3) is 0 Å². The number of alkyl halides is 2. The Morgan fingerprint density at radius 1 is 1.15 bits per heavy atom. The summed E-state index contributed by atoms with van der Waals surface area (Å²) in [5.74, 6) is 0.366. The molecule has 53 heavy (non-hydrogen) atoms. The Labute approximate surface area is 315 Å². The highest BCUT2D eigenvalue weighted by Gasteiger charge is 2.44. The van der Waals surface area contributed by atoms with Crippen LogP contribution in [0.2, 0.25) is 5.02 Å². The highest BCUT2D eigenvalue weighted by molar-refractivity contribution is 7.92. The summed E-state index contributed by atoms with van der Waals surface area (Å²) < 4.78 is 64.2. The number of rotatable bonds is 4. The molecule has 2 aromatic carbocycles. The van der Waals surface area contributed by atoms with Crippen LogP contribution in [0.5, 0.6) is 5.75 Å². The number of carbonyl (C=O) groups is 2. The maximum absolute atomic E-state index is 14.6. The third kappa shape index (κ3) is 8.38. The Morgan fingerprint density at radius 2 is 1.96 bits per heavy atom. The van der Waals surface area contributed by atoms with Crippen LogP contribution in [-0.2, 0) is 31.2 Å². The minimum absolute atomic E-state index is 0.0599. The van der Waals surface area contributed by atoms with Crippen molar-refractivity contribution < 1.29 is 36.8 Å². The zero-order chi connectivity index (χ0) is 37.3. The molecular weight excluding hydrogens is 726 g/mol. The number of ether oxygens (including phenoxy) is 3. The van der Waals surface area contributed by atoms with Gasteiger partial charge in [0.2, 0.25) is 0 Å². The van der Waals surface area contributed by atoms with Gasteiger partial charge in [-0.1, -0.05) is 36.7 Å². The number of methoxy groups -OCH3 is 1. The molecule has 3 heterocycles. The lowest BCUT2D eigenvalue weighted by atomic mass is 9.68. The van der Waals surface area contributed by atoms with Crippen LogP contribution >= 0.6 is 11.6 Å². The molecule has 6 atom stereocenters. The smallest absolute Gasteiger partial charge is 0.345 e. The number of nitrogens with one attached hydrogen (secondary N) is 1. The second-order valence-electron chi connectivity index (χ2n) is 15.5. The van der Waals surface area contributed by atoms with Gasteiger partial charge in [0, 0.05) is 49.3 Å². The van der Waals surface area contributed by atoms with E-state index in [9.17, 15) is 22.6 Å². The van der Waals surface area contributed by atoms with Gasteiger partial charge in [-0.3, -0.25) is 9.52 Å². The molecule has 2 aromatic rings. The molecular formula is C39H49ClF2N4O6S. The summed E-state index contributed by atoms with van der Waals surface area (Å²) in [5.41, 5.74) is 3.23. The summed E-state index contributed by atoms with van der Waals surface area (Å²) in [7, 11) is -1.87. The first kappa shape index (κ1) is 38.0. The van der Waals surface area contributed by atoms with Crippen LogP contribution in [0.15, 0.2) is 52.9 Å². The fourth-order valence-corrected chi connectivity index (χ4v) is 11.0. The Balaban J connectivity index is 1.23. The molecule has 1 N–H and O–H groups in total. The minimum Gasteiger partial charge on any atom is -0.490 e. The normalized spacial score (nSPS) is 31.4. The minimum atomic E-state index is -3.61. The number of likely N-dealkylation sites (tertiary alicyclic amines) is 1. The molecule has 5 aliphatic rings. The first-order valence-electron chi connectivity index (χ1n) is 18.7. The molecule has 0 aromatic heterocycles. The van der Waals surface area contributed by atoms with Crippen molar-refractivity contribution in [3.05, 3.63) is 70.3 Å². The quantitative estimate of drug-likeness (QED) is 0.323. The van der Waals surface area contributed by atoms with E-state index in [2.05, 4.69) is 36.9 Å². The number of allylic oxidation sites excluding steroid dienone is 1. The molecule has 3 aliphatic heterocycles. The number of urea groups is 1. The third-order valence-electron chi connectivity index (χ3n) is 11.8. The molecule has 1 spiro atoms. The van der Waals surface area contributed by atoms with E-state index in [-0.39, 0.29) is 54.7 Å². The number of halogens is 3. The van der Waals surface area contributed by atoms with E-state index in [1.807, 2.05) is 19.1 Å². The van der Waals surface area contributed by atoms with Gasteiger partial charge in [-0.15, -0.1) is 4.36 Å². The molecule has 1 saturated heterocycles. The SMILES string of the molecule is CO[C@H]1/C=C/C[C@H](C)C[S@@](=O)(NC(=O)N2CCC(OC(F)F)CC2)=NC(=O)c2ccc3c(c2)N(C[C@@H]2CC[C@H]21)C[C@@]1(CCCc2cc(Cl)ccc21)CO3. The van der Waals surface area contributed by atoms with Crippen molar-refractivity contribution in [1.82, 2.24) is 9.62 Å². The number of anilines is 1. The van der Waals surface area contributed by atoms with E-state index < -0.39 is 34.6 Å². The van der Waals surface area contributed by atoms with Crippen molar-refractivity contribution in [2.24, 2.45) is 22.1 Å². The van der Waals surface area contributed by atoms with E-state index >= 15 is 0 Å². The van der Waals surface area contributed by atoms with Crippen LogP contribution in [0.4, 0.5) is 19.3 Å². The lowest BCUT2D eigenvalue weighted by Crippen LogP contribution is -2.49. The maximum atomic E-state index is 14.6. The number of fused-ring (bicyclic) bond motifs is 4. The molecule has 3 amide bonds. The van der Waals surface area contributed by atoms with Crippen molar-refractivity contribution in [2.45, 2.75) is 82.5 Å². The first-order chi connectivity index (χ1) is 25.4. The third-order valence-corrected chi connectivity index (χ3v) is 14.0. The predicted octanol–water partition coefficient (Wildman–Crippen LogP) is 7.39. The number of hydrogen-bond acceptors (Lipinski definition) is 7. The van der Waals surface area contributed by atoms with Crippen molar-refractivity contribution in [1.29, 1.82) is 0 Å². The van der Waals surface area contributed by atoms with Crippen molar-refractivity contribution in [3.8, 4) is 5.75 Å². The van der Waals surface area contributed by atoms with E-state index in [1.165, 1.54) is 16.0 Å². The molecule has 2 aliphatic carbocycles. The highest BCUT2D eigenvalue weighted by atomic mass is 35.5. The monoisotopic (exact) mass is 774 g/mol. The summed E-state index contributed by atoms with van der Waals surface area (Å²) in [6.45, 7) is 1.21. The Bertz CT molecular complexity index is 1850. The maximum Gasteiger partial charge on any atom is 0.345 e. The van der Waals surface area contributed by atoms with Gasteiger partial charge in [0.25, 0.3) is 5.91 Å². The average molecular weight is 775 g/mol. The molecule has 1 saturated carbocycles. The molecule has 14 heteroatoms. The Morgan fingerprint density at radius 3 is 2.70 bits per heavy atom. The Kier molecular flexibility index (Phi) is 11.4. The van der Waals surface area contributed by atoms with Gasteiger partial charge in [0.05, 0.1) is 30.3 Å². The van der Waals surface area contributed by atoms with E-state index in [0.29, 0.717) is 37.2 Å². The van der Waals surface area contributed by atoms with Crippen LogP contribution < -0.4 is 14.4 Å². The van der Waals surface area contributed by atoms with Gasteiger partial charge in [0.1, 0.15) is 15.7 Å². The predicted molar refractivity (Wildman–Crippen MR) is 200 cm³/mol. The summed E-state index contributed by atoms with van der Waals surface area (Å²) >= 11 is 6.45. The second kappa shape index (κ2) is 15.8. The van der Waals surface area contributed by atoms with Crippen LogP contribution in [-0.4, -0.2) is 85.5 Å². The molecule has 10 nitrogen and oxygen atoms in total. The van der Waals surface area contributed by atoms with Crippen molar-refractivity contribution in [2.75, 3.05) is 50.5 Å². The number of piperidine rings is 1. The number of hydrogen-bond donors (Lipinski definition) is 1. The highest BCUT2D eigenvalue weighted by Crippen LogP contribution is 2.47. The van der Waals surface area contributed by atoms with Gasteiger partial charge in [-0.2, -0.15) is 8.78 Å². The second-order valence-corrected chi connectivity index (χ2v) is 17.9. The van der Waals surface area contributed by atoms with Crippen LogP contribution in [0.3, 0.4) is 0 Å². The molecule has 0 unspecified atom stereocenters. The lowest BCUT2D eigenvalue weighted by Gasteiger charge is -2.46. The molecule has 288 valence electrons. The summed E-state index contributed by atoms with van der Waals surface area (Å²) in [6, 6.07) is 10.7. The lowest BCUT2D eigenvalue weighted by molar-refractivity contribution is -0.171. The topological polar surface area (TPSA) is 110 Å². The molecule has 2 bridgehead atoms. The largest absolute Gasteiger partial charge is 0.490 e. The molecule has 7 rings (SSSR count). The standard InChI is InChI=1S/C39H49ClF2N4O6S/c1-25-5-3-7-34(50-2)31-11-8-28(31)21-46-23-39(16-4-6-26-19-29(40)10-12-32(26)39)24-51-35-13-9-27(20-33(35)46)36(47)43-53(49,22-25)44-38(48)45-17-14-30(15-18-45)52-37(41)42/h3,7,9-10,12-13,19-20,25,28,30-31,34,37H,4-6,8,11,14-18,21-24H2,1-2H3,(H,43,44,47,48,49)/b7-3+/t25-,28-,31+,34-,39-,53-/m0/s1. The van der Waals surface area contributed by atoms with E-state index in [1.54, 1.807) is 25.3 Å². The number of carbonyl (C=O) groups excluding carboxylic acids is 2. The van der Waals surface area contributed by atoms with Gasteiger partial charge in [-0.05, 0) is 111 Å². The van der Waals surface area contributed by atoms with E-state index in [0.717, 1.165) is 49.4 Å². The number of benzene rings is 2. The van der Waals surface area contributed by atoms with Crippen LogP contribution in [0, 0.1) is 17.8 Å². The van der Waals surface area contributed by atoms with Gasteiger partial charge < -0.3 is 24.0 Å². The van der Waals surface area contributed by atoms with E-state index in [4.69, 9.17) is 21.1 Å². The van der Waals surface area contributed by atoms with Crippen molar-refractivity contribution >= 4 is 39.1 Å². The van der Waals surface area contributed by atoms with Gasteiger partial charge in [-0.25, -0.2) is 9.00 Å². The Hall–Kier alpha value is -3.26. The van der Waals surface area contributed by atoms with Crippen molar-refractivity contribution in [3.63, 3.8) is 0 Å². The summed E-state index contributed by atoms with van der Waals surface area (Å²) in [6.07, 6.45) is 9.34. The zero-order valence-electron chi connectivity index (χ0n) is 30.3. The number of amides is 3. The number of aryl methyl sites for hydroxylation is 1. The molecule has 0 radical (unpaired) electrons. The number of nitrogens with zero attached hydrogens (tertiary/aromatic N) is 3. The van der Waals surface area contributed by atoms with Crippen LogP contribution in [0.1, 0.15) is 73.4 Å². The summed E-state index contributed by atoms with van der Waals surface area (Å²) in [4.78, 5) is 31.2. The van der Waals surface area contributed by atoms with Gasteiger partial charge in [0.15, 0.2) is 0 Å². The zero-order valence-corrected chi connectivity index (χ0v) is 31.9. The van der Waals surface area contributed by atoms with Gasteiger partial charge >= 0.3 is 12.6 Å². The fourth-order valence-electron chi connectivity index (χ4n) is 8.91. The molecule has 2 fully saturated rings. The average Bonchev–Trinajstić information content (AvgIpc) is 3.25. The fraction of sp³-hybridized carbons (Fsp3) is 0.590. The first-order valence-corrected chi connectivity index (χ1v) is 20.8. The summed E-state index contributed by atoms with van der Waals surface area (Å²) in [5, 5.41) is 0.720.